The van der Waals surface area contributed by atoms with E-state index in [2.05, 4.69) is 59.0 Å². The van der Waals surface area contributed by atoms with Crippen molar-refractivity contribution in [2.45, 2.75) is 12.8 Å². The fraction of sp³-hybridized carbons (Fsp3) is 0.412. The van der Waals surface area contributed by atoms with Crippen molar-refractivity contribution in [2.75, 3.05) is 44.5 Å². The summed E-state index contributed by atoms with van der Waals surface area (Å²) < 4.78 is 0. The minimum Gasteiger partial charge on any atom is -0.325 e. The maximum Gasteiger partial charge on any atom is 0.157 e. The van der Waals surface area contributed by atoms with Crippen LogP contribution in [-0.2, 0) is 6.42 Å². The zero-order chi connectivity index (χ0) is 15.7. The topological polar surface area (TPSA) is 35.5 Å². The van der Waals surface area contributed by atoms with Gasteiger partial charge < -0.3 is 14.7 Å². The summed E-state index contributed by atoms with van der Waals surface area (Å²) in [6.45, 7) is 1.08. The second kappa shape index (κ2) is 5.93. The van der Waals surface area contributed by atoms with E-state index in [0.29, 0.717) is 0 Å². The van der Waals surface area contributed by atoms with Crippen LogP contribution in [-0.4, -0.2) is 49.6 Å². The Morgan fingerprint density at radius 1 is 1.00 bits per heavy atom. The molecule has 0 saturated heterocycles. The molecule has 3 heterocycles. The smallest absolute Gasteiger partial charge is 0.157 e. The number of fused-ring (bicyclic) bond motifs is 2. The number of aromatic nitrogens is 2. The summed E-state index contributed by atoms with van der Waals surface area (Å²) in [5.41, 5.74) is 3.34. The van der Waals surface area contributed by atoms with Crippen LogP contribution >= 0.6 is 0 Å². The Morgan fingerprint density at radius 3 is 2.50 bits per heavy atom. The van der Waals surface area contributed by atoms with Crippen molar-refractivity contribution in [3.05, 3.63) is 36.2 Å². The number of rotatable bonds is 4. The van der Waals surface area contributed by atoms with E-state index in [1.54, 1.807) is 0 Å². The van der Waals surface area contributed by atoms with Gasteiger partial charge in [-0.05, 0) is 57.7 Å². The van der Waals surface area contributed by atoms with Gasteiger partial charge in [0.05, 0.1) is 11.4 Å². The molecule has 1 aliphatic heterocycles. The number of hydrogen-bond acceptors (Lipinski definition) is 5. The van der Waals surface area contributed by atoms with Crippen LogP contribution in [0.15, 0.2) is 30.5 Å². The Balaban J connectivity index is 1.89. The fourth-order valence-electron chi connectivity index (χ4n) is 2.84. The number of aryl methyl sites for hydroxylation is 1. The highest BCUT2D eigenvalue weighted by Crippen LogP contribution is 2.43. The molecule has 2 aromatic heterocycles. The summed E-state index contributed by atoms with van der Waals surface area (Å²) in [4.78, 5) is 15.8. The van der Waals surface area contributed by atoms with Gasteiger partial charge in [0.15, 0.2) is 11.6 Å². The Bertz CT molecular complexity index is 668. The molecule has 5 heteroatoms. The van der Waals surface area contributed by atoms with Gasteiger partial charge in [0.1, 0.15) is 0 Å². The van der Waals surface area contributed by atoms with Crippen molar-refractivity contribution >= 4 is 23.0 Å². The summed E-state index contributed by atoms with van der Waals surface area (Å²) >= 11 is 0. The molecule has 0 unspecified atom stereocenters. The van der Waals surface area contributed by atoms with Crippen molar-refractivity contribution in [3.63, 3.8) is 0 Å². The van der Waals surface area contributed by atoms with Crippen LogP contribution in [0.25, 0.3) is 0 Å². The Morgan fingerprint density at radius 2 is 1.73 bits per heavy atom. The molecule has 0 bridgehead atoms. The summed E-state index contributed by atoms with van der Waals surface area (Å²) in [6.07, 6.45) is 3.95. The molecule has 0 aliphatic carbocycles. The van der Waals surface area contributed by atoms with Gasteiger partial charge in [-0.25, -0.2) is 9.97 Å². The molecule has 0 saturated carbocycles. The van der Waals surface area contributed by atoms with Gasteiger partial charge >= 0.3 is 0 Å². The molecule has 116 valence electrons. The zero-order valence-electron chi connectivity index (χ0n) is 13.7. The van der Waals surface area contributed by atoms with Gasteiger partial charge in [-0.3, -0.25) is 0 Å². The average molecular weight is 297 g/mol. The normalized spacial score (nSPS) is 13.3. The third-order valence-corrected chi connectivity index (χ3v) is 4.07. The van der Waals surface area contributed by atoms with Crippen LogP contribution in [0.1, 0.15) is 12.1 Å². The van der Waals surface area contributed by atoms with E-state index in [1.165, 1.54) is 0 Å². The zero-order valence-corrected chi connectivity index (χ0v) is 13.7. The van der Waals surface area contributed by atoms with Gasteiger partial charge in [-0.2, -0.15) is 0 Å². The summed E-state index contributed by atoms with van der Waals surface area (Å²) in [5, 5.41) is 0. The minimum atomic E-state index is 0.972. The lowest BCUT2D eigenvalue weighted by Crippen LogP contribution is -2.26. The van der Waals surface area contributed by atoms with E-state index in [0.717, 1.165) is 48.1 Å². The molecule has 5 nitrogen and oxygen atoms in total. The van der Waals surface area contributed by atoms with Crippen molar-refractivity contribution in [2.24, 2.45) is 0 Å². The van der Waals surface area contributed by atoms with Crippen molar-refractivity contribution in [3.8, 4) is 0 Å². The second-order valence-corrected chi connectivity index (χ2v) is 6.02. The second-order valence-electron chi connectivity index (χ2n) is 6.02. The van der Waals surface area contributed by atoms with E-state index in [9.17, 15) is 0 Å². The number of hydrogen-bond donors (Lipinski definition) is 0. The maximum atomic E-state index is 4.88. The Labute approximate surface area is 132 Å². The number of nitrogens with zero attached hydrogens (tertiary/aromatic N) is 5. The van der Waals surface area contributed by atoms with Gasteiger partial charge in [0.2, 0.25) is 0 Å². The largest absolute Gasteiger partial charge is 0.325 e. The molecule has 0 fully saturated rings. The fourth-order valence-corrected chi connectivity index (χ4v) is 2.84. The van der Waals surface area contributed by atoms with E-state index in [4.69, 9.17) is 4.98 Å². The molecular formula is C17H23N5. The first kappa shape index (κ1) is 14.8. The first-order valence-corrected chi connectivity index (χ1v) is 7.65. The lowest BCUT2D eigenvalue weighted by atomic mass is 10.1. The SMILES string of the molecule is CN(C)CCCc1ccc2c(n1)N(C)c1cccnc1N2C. The minimum absolute atomic E-state index is 0.972. The third kappa shape index (κ3) is 2.64. The Kier molecular flexibility index (Phi) is 3.98. The third-order valence-electron chi connectivity index (χ3n) is 4.07. The highest BCUT2D eigenvalue weighted by atomic mass is 15.3. The molecule has 0 radical (unpaired) electrons. The summed E-state index contributed by atoms with van der Waals surface area (Å²) in [6, 6.07) is 8.34. The molecule has 3 rings (SSSR count). The standard InChI is InChI=1S/C17H23N5/c1-20(2)12-6-7-13-9-10-15-17(19-13)22(4)14-8-5-11-18-16(14)21(15)3/h5,8-11H,6-7,12H2,1-4H3. The van der Waals surface area contributed by atoms with Crippen LogP contribution in [0.4, 0.5) is 23.0 Å². The van der Waals surface area contributed by atoms with E-state index < -0.39 is 0 Å². The lowest BCUT2D eigenvalue weighted by Gasteiger charge is -2.34. The van der Waals surface area contributed by atoms with Crippen molar-refractivity contribution in [1.82, 2.24) is 14.9 Å². The quantitative estimate of drug-likeness (QED) is 0.867. The van der Waals surface area contributed by atoms with Crippen LogP contribution in [0.2, 0.25) is 0 Å². The van der Waals surface area contributed by atoms with Crippen LogP contribution < -0.4 is 9.80 Å². The monoisotopic (exact) mass is 297 g/mol. The predicted molar refractivity (Wildman–Crippen MR) is 91.5 cm³/mol. The van der Waals surface area contributed by atoms with Gasteiger partial charge in [0.25, 0.3) is 0 Å². The van der Waals surface area contributed by atoms with E-state index in [-0.39, 0.29) is 0 Å². The molecule has 0 N–H and O–H groups in total. The molecule has 0 amide bonds. The molecule has 2 aromatic rings. The van der Waals surface area contributed by atoms with Crippen molar-refractivity contribution in [1.29, 1.82) is 0 Å². The molecule has 1 aliphatic rings. The molecular weight excluding hydrogens is 274 g/mol. The molecule has 22 heavy (non-hydrogen) atoms. The Hall–Kier alpha value is -2.14. The van der Waals surface area contributed by atoms with E-state index >= 15 is 0 Å². The van der Waals surface area contributed by atoms with E-state index in [1.807, 2.05) is 19.3 Å². The van der Waals surface area contributed by atoms with Crippen LogP contribution in [0.3, 0.4) is 0 Å². The highest BCUT2D eigenvalue weighted by Gasteiger charge is 2.26. The first-order valence-electron chi connectivity index (χ1n) is 7.65. The van der Waals surface area contributed by atoms with Crippen LogP contribution in [0, 0.1) is 0 Å². The van der Waals surface area contributed by atoms with Crippen LogP contribution in [0.5, 0.6) is 0 Å². The number of pyridine rings is 2. The molecule has 0 aromatic carbocycles. The predicted octanol–water partition coefficient (Wildman–Crippen LogP) is 2.82. The number of anilines is 4. The van der Waals surface area contributed by atoms with Crippen molar-refractivity contribution < 1.29 is 0 Å². The molecule has 0 spiro atoms. The van der Waals surface area contributed by atoms with Gasteiger partial charge in [-0.15, -0.1) is 0 Å². The van der Waals surface area contributed by atoms with Gasteiger partial charge in [-0.1, -0.05) is 0 Å². The summed E-state index contributed by atoms with van der Waals surface area (Å²) in [7, 11) is 8.31. The summed E-state index contributed by atoms with van der Waals surface area (Å²) in [5.74, 6) is 1.98. The average Bonchev–Trinajstić information content (AvgIpc) is 2.52. The van der Waals surface area contributed by atoms with Gasteiger partial charge in [0, 0.05) is 26.0 Å². The lowest BCUT2D eigenvalue weighted by molar-refractivity contribution is 0.399. The molecule has 0 atom stereocenters. The highest BCUT2D eigenvalue weighted by molar-refractivity contribution is 5.88. The maximum absolute atomic E-state index is 4.88. The first-order chi connectivity index (χ1) is 10.6.